The maximum absolute atomic E-state index is 12.6. The quantitative estimate of drug-likeness (QED) is 0.372. The van der Waals surface area contributed by atoms with E-state index in [9.17, 15) is 19.7 Å². The van der Waals surface area contributed by atoms with Gasteiger partial charge in [-0.05, 0) is 37.6 Å². The van der Waals surface area contributed by atoms with Crippen molar-refractivity contribution in [2.24, 2.45) is 4.99 Å². The zero-order valence-corrected chi connectivity index (χ0v) is 16.1. The van der Waals surface area contributed by atoms with E-state index in [0.717, 1.165) is 15.8 Å². The number of fused-ring (bicyclic) bond motifs is 1. The number of aryl methyl sites for hydroxylation is 1. The Morgan fingerprint density at radius 1 is 1.21 bits per heavy atom. The maximum atomic E-state index is 12.6. The number of ether oxygens (including phenoxy) is 1. The molecule has 1 aromatic heterocycles. The molecular formula is C19H17N3O5S. The monoisotopic (exact) mass is 399 g/mol. The van der Waals surface area contributed by atoms with Crippen LogP contribution in [0.2, 0.25) is 0 Å². The fourth-order valence-electron chi connectivity index (χ4n) is 2.75. The summed E-state index contributed by atoms with van der Waals surface area (Å²) in [6.45, 7) is 3.83. The summed E-state index contributed by atoms with van der Waals surface area (Å²) in [7, 11) is 0. The molecule has 0 aliphatic rings. The Hall–Kier alpha value is -3.33. The molecule has 0 radical (unpaired) electrons. The summed E-state index contributed by atoms with van der Waals surface area (Å²) >= 11 is 1.29. The molecule has 1 amide bonds. The normalized spacial score (nSPS) is 11.6. The number of para-hydroxylation sites is 1. The number of non-ortho nitro benzene ring substituents is 1. The number of nitrogens with zero attached hydrogens (tertiary/aromatic N) is 3. The van der Waals surface area contributed by atoms with Crippen LogP contribution in [0.25, 0.3) is 10.2 Å². The van der Waals surface area contributed by atoms with Gasteiger partial charge in [-0.25, -0.2) is 0 Å². The number of nitro benzene ring substituents is 1. The zero-order valence-electron chi connectivity index (χ0n) is 15.2. The third kappa shape index (κ3) is 3.99. The van der Waals surface area contributed by atoms with Crippen LogP contribution in [0.15, 0.2) is 47.5 Å². The molecule has 0 atom stereocenters. The van der Waals surface area contributed by atoms with Gasteiger partial charge in [0.1, 0.15) is 6.54 Å². The van der Waals surface area contributed by atoms with E-state index in [4.69, 9.17) is 4.74 Å². The van der Waals surface area contributed by atoms with Gasteiger partial charge in [0.25, 0.3) is 11.6 Å². The van der Waals surface area contributed by atoms with Gasteiger partial charge in [-0.15, -0.1) is 0 Å². The molecule has 0 N–H and O–H groups in total. The third-order valence-corrected chi connectivity index (χ3v) is 5.06. The van der Waals surface area contributed by atoms with Crippen LogP contribution in [0.3, 0.4) is 0 Å². The molecule has 28 heavy (non-hydrogen) atoms. The minimum absolute atomic E-state index is 0.0644. The molecule has 0 saturated heterocycles. The Morgan fingerprint density at radius 3 is 2.57 bits per heavy atom. The Kier molecular flexibility index (Phi) is 5.65. The average Bonchev–Trinajstić information content (AvgIpc) is 3.00. The molecule has 0 spiro atoms. The van der Waals surface area contributed by atoms with Crippen molar-refractivity contribution < 1.29 is 19.2 Å². The maximum Gasteiger partial charge on any atom is 0.326 e. The minimum Gasteiger partial charge on any atom is -0.465 e. The molecule has 0 aliphatic heterocycles. The average molecular weight is 399 g/mol. The standard InChI is InChI=1S/C19H17N3O5S/c1-3-27-16(23)11-21-17-12(2)5-4-6-15(17)28-19(21)20-18(24)13-7-9-14(10-8-13)22(25)26/h4-10H,3,11H2,1-2H3. The van der Waals surface area contributed by atoms with E-state index in [-0.39, 0.29) is 24.4 Å². The lowest BCUT2D eigenvalue weighted by molar-refractivity contribution is -0.384. The number of rotatable bonds is 5. The molecule has 0 aliphatic carbocycles. The van der Waals surface area contributed by atoms with Gasteiger partial charge in [0.15, 0.2) is 4.80 Å². The highest BCUT2D eigenvalue weighted by Crippen LogP contribution is 2.21. The zero-order chi connectivity index (χ0) is 20.3. The first-order valence-electron chi connectivity index (χ1n) is 8.48. The van der Waals surface area contributed by atoms with E-state index in [2.05, 4.69) is 4.99 Å². The summed E-state index contributed by atoms with van der Waals surface area (Å²) in [4.78, 5) is 39.4. The van der Waals surface area contributed by atoms with Crippen LogP contribution in [0.1, 0.15) is 22.8 Å². The van der Waals surface area contributed by atoms with Gasteiger partial charge in [0, 0.05) is 17.7 Å². The Labute approximate surface area is 163 Å². The summed E-state index contributed by atoms with van der Waals surface area (Å²) in [5.74, 6) is -0.966. The summed E-state index contributed by atoms with van der Waals surface area (Å²) in [5, 5.41) is 10.8. The topological polar surface area (TPSA) is 104 Å². The molecule has 9 heteroatoms. The van der Waals surface area contributed by atoms with Crippen LogP contribution in [0.5, 0.6) is 0 Å². The number of esters is 1. The summed E-state index contributed by atoms with van der Waals surface area (Å²) < 4.78 is 7.59. The SMILES string of the molecule is CCOC(=O)Cn1c(=NC(=O)c2ccc([N+](=O)[O-])cc2)sc2cccc(C)c21. The highest BCUT2D eigenvalue weighted by atomic mass is 32.1. The van der Waals surface area contributed by atoms with Crippen molar-refractivity contribution in [2.45, 2.75) is 20.4 Å². The molecule has 3 rings (SSSR count). The van der Waals surface area contributed by atoms with Gasteiger partial charge in [-0.3, -0.25) is 19.7 Å². The predicted octanol–water partition coefficient (Wildman–Crippen LogP) is 3.22. The first-order chi connectivity index (χ1) is 13.4. The largest absolute Gasteiger partial charge is 0.465 e. The third-order valence-electron chi connectivity index (χ3n) is 4.02. The lowest BCUT2D eigenvalue weighted by Gasteiger charge is -2.06. The molecule has 144 valence electrons. The van der Waals surface area contributed by atoms with Crippen LogP contribution < -0.4 is 4.80 Å². The molecule has 0 unspecified atom stereocenters. The van der Waals surface area contributed by atoms with Crippen molar-refractivity contribution in [3.05, 3.63) is 68.5 Å². The number of benzene rings is 2. The Bertz CT molecular complexity index is 1130. The number of aromatic nitrogens is 1. The number of carbonyl (C=O) groups excluding carboxylic acids is 2. The fourth-order valence-corrected chi connectivity index (χ4v) is 3.86. The van der Waals surface area contributed by atoms with Gasteiger partial charge in [0.05, 0.1) is 21.7 Å². The van der Waals surface area contributed by atoms with Gasteiger partial charge in [-0.2, -0.15) is 4.99 Å². The minimum atomic E-state index is -0.545. The second-order valence-corrected chi connectivity index (χ2v) is 6.93. The molecule has 3 aromatic rings. The number of amides is 1. The molecule has 0 saturated carbocycles. The number of hydrogen-bond acceptors (Lipinski definition) is 6. The fraction of sp³-hybridized carbons (Fsp3) is 0.211. The number of carbonyl (C=O) groups is 2. The first-order valence-corrected chi connectivity index (χ1v) is 9.30. The number of hydrogen-bond donors (Lipinski definition) is 0. The van der Waals surface area contributed by atoms with Crippen LogP contribution in [0.4, 0.5) is 5.69 Å². The number of nitro groups is 1. The van der Waals surface area contributed by atoms with E-state index in [1.165, 1.54) is 35.6 Å². The molecule has 1 heterocycles. The van der Waals surface area contributed by atoms with Gasteiger partial charge >= 0.3 is 5.97 Å². The van der Waals surface area contributed by atoms with E-state index in [0.29, 0.717) is 4.80 Å². The lowest BCUT2D eigenvalue weighted by Crippen LogP contribution is -2.23. The second-order valence-electron chi connectivity index (χ2n) is 5.92. The van der Waals surface area contributed by atoms with Crippen LogP contribution in [-0.2, 0) is 16.1 Å². The Balaban J connectivity index is 2.07. The number of thiazole rings is 1. The van der Waals surface area contributed by atoms with E-state index >= 15 is 0 Å². The molecule has 0 fully saturated rings. The van der Waals surface area contributed by atoms with E-state index in [1.54, 1.807) is 11.5 Å². The Morgan fingerprint density at radius 2 is 1.93 bits per heavy atom. The van der Waals surface area contributed by atoms with Crippen molar-refractivity contribution in [3.8, 4) is 0 Å². The molecule has 0 bridgehead atoms. The summed E-state index contributed by atoms with van der Waals surface area (Å²) in [6, 6.07) is 10.9. The summed E-state index contributed by atoms with van der Waals surface area (Å²) in [5.41, 5.74) is 1.88. The van der Waals surface area contributed by atoms with Crippen molar-refractivity contribution in [2.75, 3.05) is 6.61 Å². The molecule has 8 nitrogen and oxygen atoms in total. The van der Waals surface area contributed by atoms with Gasteiger partial charge in [-0.1, -0.05) is 23.5 Å². The second kappa shape index (κ2) is 8.13. The summed E-state index contributed by atoms with van der Waals surface area (Å²) in [6.07, 6.45) is 0. The highest BCUT2D eigenvalue weighted by molar-refractivity contribution is 7.16. The smallest absolute Gasteiger partial charge is 0.326 e. The van der Waals surface area contributed by atoms with Crippen molar-refractivity contribution in [3.63, 3.8) is 0 Å². The highest BCUT2D eigenvalue weighted by Gasteiger charge is 2.15. The predicted molar refractivity (Wildman–Crippen MR) is 104 cm³/mol. The van der Waals surface area contributed by atoms with Crippen molar-refractivity contribution in [1.29, 1.82) is 0 Å². The van der Waals surface area contributed by atoms with Crippen LogP contribution in [-0.4, -0.2) is 28.0 Å². The van der Waals surface area contributed by atoms with Crippen LogP contribution in [0, 0.1) is 17.0 Å². The van der Waals surface area contributed by atoms with Gasteiger partial charge in [0.2, 0.25) is 0 Å². The molecular weight excluding hydrogens is 382 g/mol. The van der Waals surface area contributed by atoms with E-state index in [1.807, 2.05) is 25.1 Å². The van der Waals surface area contributed by atoms with Crippen molar-refractivity contribution >= 4 is 39.1 Å². The van der Waals surface area contributed by atoms with Crippen LogP contribution >= 0.6 is 11.3 Å². The van der Waals surface area contributed by atoms with Crippen molar-refractivity contribution in [1.82, 2.24) is 4.57 Å². The van der Waals surface area contributed by atoms with Gasteiger partial charge < -0.3 is 9.30 Å². The molecule has 2 aromatic carbocycles. The van der Waals surface area contributed by atoms with E-state index < -0.39 is 16.8 Å². The first kappa shape index (κ1) is 19.4. The lowest BCUT2D eigenvalue weighted by atomic mass is 10.2.